The zero-order valence-corrected chi connectivity index (χ0v) is 11.1. The molecule has 0 saturated carbocycles. The van der Waals surface area contributed by atoms with Crippen LogP contribution in [0.1, 0.15) is 31.7 Å². The standard InChI is InChI=1S/C14H15F2N3O/c1-8-2-3-17-12(4-8)14-18-13(19-20-14)9-5-10(15)7-11(16)6-9/h5-8,12,17H,2-4H2,1H3. The van der Waals surface area contributed by atoms with Crippen LogP contribution in [-0.2, 0) is 0 Å². The van der Waals surface area contributed by atoms with Gasteiger partial charge in [-0.05, 0) is 37.4 Å². The number of rotatable bonds is 2. The van der Waals surface area contributed by atoms with Gasteiger partial charge in [-0.25, -0.2) is 8.78 Å². The summed E-state index contributed by atoms with van der Waals surface area (Å²) in [6, 6.07) is 3.21. The molecule has 2 atom stereocenters. The molecule has 20 heavy (non-hydrogen) atoms. The molecule has 2 unspecified atom stereocenters. The van der Waals surface area contributed by atoms with E-state index in [-0.39, 0.29) is 17.4 Å². The van der Waals surface area contributed by atoms with Crippen LogP contribution in [0.25, 0.3) is 11.4 Å². The van der Waals surface area contributed by atoms with E-state index in [9.17, 15) is 8.78 Å². The van der Waals surface area contributed by atoms with E-state index in [2.05, 4.69) is 22.4 Å². The van der Waals surface area contributed by atoms with Crippen molar-refractivity contribution in [2.24, 2.45) is 5.92 Å². The molecule has 1 aromatic heterocycles. The Morgan fingerprint density at radius 1 is 1.25 bits per heavy atom. The van der Waals surface area contributed by atoms with Crippen molar-refractivity contribution in [2.45, 2.75) is 25.8 Å². The molecule has 1 aliphatic rings. The van der Waals surface area contributed by atoms with Crippen LogP contribution in [0.15, 0.2) is 22.7 Å². The highest BCUT2D eigenvalue weighted by Gasteiger charge is 2.25. The van der Waals surface area contributed by atoms with Gasteiger partial charge in [-0.1, -0.05) is 12.1 Å². The lowest BCUT2D eigenvalue weighted by molar-refractivity contribution is 0.260. The molecular formula is C14H15F2N3O. The Balaban J connectivity index is 1.86. The molecule has 3 rings (SSSR count). The predicted molar refractivity (Wildman–Crippen MR) is 68.8 cm³/mol. The average molecular weight is 279 g/mol. The number of halogens is 2. The van der Waals surface area contributed by atoms with Crippen molar-refractivity contribution in [3.05, 3.63) is 35.7 Å². The van der Waals surface area contributed by atoms with Gasteiger partial charge >= 0.3 is 0 Å². The number of nitrogens with one attached hydrogen (secondary N) is 1. The number of hydrogen-bond donors (Lipinski definition) is 1. The summed E-state index contributed by atoms with van der Waals surface area (Å²) in [5.41, 5.74) is 0.279. The molecule has 2 heterocycles. The van der Waals surface area contributed by atoms with Crippen LogP contribution in [0.3, 0.4) is 0 Å². The van der Waals surface area contributed by atoms with E-state index < -0.39 is 11.6 Å². The molecule has 1 aliphatic heterocycles. The summed E-state index contributed by atoms with van der Waals surface area (Å²) in [5.74, 6) is -0.0515. The van der Waals surface area contributed by atoms with Gasteiger partial charge in [0, 0.05) is 11.6 Å². The number of benzene rings is 1. The Kier molecular flexibility index (Phi) is 3.48. The van der Waals surface area contributed by atoms with Gasteiger partial charge in [0.15, 0.2) is 0 Å². The molecule has 1 fully saturated rings. The number of piperidine rings is 1. The SMILES string of the molecule is CC1CCNC(c2nc(-c3cc(F)cc(F)c3)no2)C1. The van der Waals surface area contributed by atoms with Gasteiger partial charge < -0.3 is 9.84 Å². The first-order valence-electron chi connectivity index (χ1n) is 6.65. The van der Waals surface area contributed by atoms with Crippen LogP contribution in [0.2, 0.25) is 0 Å². The highest BCUT2D eigenvalue weighted by Crippen LogP contribution is 2.27. The van der Waals surface area contributed by atoms with Crippen molar-refractivity contribution in [1.82, 2.24) is 15.5 Å². The van der Waals surface area contributed by atoms with Crippen LogP contribution < -0.4 is 5.32 Å². The van der Waals surface area contributed by atoms with Gasteiger partial charge in [0.2, 0.25) is 11.7 Å². The Bertz CT molecular complexity index is 594. The van der Waals surface area contributed by atoms with E-state index in [1.165, 1.54) is 12.1 Å². The molecule has 0 aliphatic carbocycles. The van der Waals surface area contributed by atoms with Crippen LogP contribution in [-0.4, -0.2) is 16.7 Å². The van der Waals surface area contributed by atoms with Crippen LogP contribution >= 0.6 is 0 Å². The number of aromatic nitrogens is 2. The van der Waals surface area contributed by atoms with E-state index in [1.54, 1.807) is 0 Å². The molecule has 1 saturated heterocycles. The fraction of sp³-hybridized carbons (Fsp3) is 0.429. The quantitative estimate of drug-likeness (QED) is 0.918. The van der Waals surface area contributed by atoms with Crippen molar-refractivity contribution >= 4 is 0 Å². The van der Waals surface area contributed by atoms with Crippen molar-refractivity contribution in [3.8, 4) is 11.4 Å². The molecule has 1 aromatic carbocycles. The van der Waals surface area contributed by atoms with Crippen LogP contribution in [0, 0.1) is 17.6 Å². The van der Waals surface area contributed by atoms with E-state index in [0.717, 1.165) is 25.5 Å². The maximum absolute atomic E-state index is 13.2. The monoisotopic (exact) mass is 279 g/mol. The lowest BCUT2D eigenvalue weighted by Gasteiger charge is -2.25. The normalized spacial score (nSPS) is 22.9. The predicted octanol–water partition coefficient (Wildman–Crippen LogP) is 3.08. The largest absolute Gasteiger partial charge is 0.337 e. The zero-order valence-electron chi connectivity index (χ0n) is 11.1. The lowest BCUT2D eigenvalue weighted by atomic mass is 9.94. The minimum absolute atomic E-state index is 0.0124. The number of hydrogen-bond acceptors (Lipinski definition) is 4. The highest BCUT2D eigenvalue weighted by molar-refractivity contribution is 5.54. The maximum atomic E-state index is 13.2. The molecule has 0 bridgehead atoms. The minimum Gasteiger partial charge on any atom is -0.337 e. The average Bonchev–Trinajstić information content (AvgIpc) is 2.87. The first-order chi connectivity index (χ1) is 9.61. The third kappa shape index (κ3) is 2.70. The van der Waals surface area contributed by atoms with Crippen molar-refractivity contribution in [2.75, 3.05) is 6.54 Å². The number of nitrogens with zero attached hydrogens (tertiary/aromatic N) is 2. The highest BCUT2D eigenvalue weighted by atomic mass is 19.1. The van der Waals surface area contributed by atoms with E-state index >= 15 is 0 Å². The first kappa shape index (κ1) is 13.2. The minimum atomic E-state index is -0.657. The van der Waals surface area contributed by atoms with Gasteiger partial charge in [0.25, 0.3) is 0 Å². The fourth-order valence-corrected chi connectivity index (χ4v) is 2.47. The van der Waals surface area contributed by atoms with Crippen LogP contribution in [0.5, 0.6) is 0 Å². The fourth-order valence-electron chi connectivity index (χ4n) is 2.47. The van der Waals surface area contributed by atoms with Gasteiger partial charge in [-0.15, -0.1) is 0 Å². The van der Waals surface area contributed by atoms with Crippen LogP contribution in [0.4, 0.5) is 8.78 Å². The summed E-state index contributed by atoms with van der Waals surface area (Å²) in [6.07, 6.45) is 2.03. The third-order valence-corrected chi connectivity index (χ3v) is 3.53. The lowest BCUT2D eigenvalue weighted by Crippen LogP contribution is -2.30. The molecule has 2 aromatic rings. The van der Waals surface area contributed by atoms with E-state index in [1.807, 2.05) is 0 Å². The summed E-state index contributed by atoms with van der Waals surface area (Å²) in [4.78, 5) is 4.25. The van der Waals surface area contributed by atoms with Crippen molar-refractivity contribution in [1.29, 1.82) is 0 Å². The Morgan fingerprint density at radius 2 is 2.00 bits per heavy atom. The zero-order chi connectivity index (χ0) is 14.1. The summed E-state index contributed by atoms with van der Waals surface area (Å²) in [7, 11) is 0. The topological polar surface area (TPSA) is 51.0 Å². The summed E-state index contributed by atoms with van der Waals surface area (Å²) in [6.45, 7) is 3.07. The summed E-state index contributed by atoms with van der Waals surface area (Å²) in [5, 5.41) is 7.12. The second-order valence-corrected chi connectivity index (χ2v) is 5.25. The Morgan fingerprint density at radius 3 is 2.70 bits per heavy atom. The van der Waals surface area contributed by atoms with Gasteiger partial charge in [-0.3, -0.25) is 0 Å². The second-order valence-electron chi connectivity index (χ2n) is 5.25. The van der Waals surface area contributed by atoms with E-state index in [0.29, 0.717) is 11.8 Å². The molecule has 4 nitrogen and oxygen atoms in total. The molecule has 1 N–H and O–H groups in total. The first-order valence-corrected chi connectivity index (χ1v) is 6.65. The van der Waals surface area contributed by atoms with Crippen molar-refractivity contribution < 1.29 is 13.3 Å². The molecule has 6 heteroatoms. The molecule has 0 radical (unpaired) electrons. The summed E-state index contributed by atoms with van der Waals surface area (Å²) < 4.78 is 31.6. The third-order valence-electron chi connectivity index (χ3n) is 3.53. The van der Waals surface area contributed by atoms with E-state index in [4.69, 9.17) is 4.52 Å². The molecule has 106 valence electrons. The molecule has 0 amide bonds. The molecular weight excluding hydrogens is 264 g/mol. The Hall–Kier alpha value is -1.82. The Labute approximate surface area is 115 Å². The van der Waals surface area contributed by atoms with Crippen molar-refractivity contribution in [3.63, 3.8) is 0 Å². The smallest absolute Gasteiger partial charge is 0.244 e. The second kappa shape index (κ2) is 5.28. The maximum Gasteiger partial charge on any atom is 0.244 e. The van der Waals surface area contributed by atoms with Gasteiger partial charge in [-0.2, -0.15) is 4.98 Å². The van der Waals surface area contributed by atoms with Gasteiger partial charge in [0.1, 0.15) is 11.6 Å². The summed E-state index contributed by atoms with van der Waals surface area (Å²) >= 11 is 0. The molecule has 0 spiro atoms. The van der Waals surface area contributed by atoms with Gasteiger partial charge in [0.05, 0.1) is 6.04 Å².